The van der Waals surface area contributed by atoms with Gasteiger partial charge < -0.3 is 57.2 Å². The Hall–Kier alpha value is 1.89. The first-order chi connectivity index (χ1) is 29.3. The molecule has 0 saturated carbocycles. The molecule has 0 saturated heterocycles. The molecule has 0 radical (unpaired) electrons. The van der Waals surface area contributed by atoms with E-state index in [9.17, 15) is 30.6 Å². The Labute approximate surface area is 382 Å². The lowest BCUT2D eigenvalue weighted by atomic mass is 10.5. The highest BCUT2D eigenvalue weighted by molar-refractivity contribution is 7.58. The summed E-state index contributed by atoms with van der Waals surface area (Å²) >= 11 is 0. The van der Waals surface area contributed by atoms with Crippen molar-refractivity contribution in [2.75, 3.05) is 153 Å². The molecule has 0 unspecified atom stereocenters. The van der Waals surface area contributed by atoms with Crippen LogP contribution in [0.15, 0.2) is 0 Å². The third-order valence-corrected chi connectivity index (χ3v) is 27.0. The zero-order valence-corrected chi connectivity index (χ0v) is 46.5. The van der Waals surface area contributed by atoms with Gasteiger partial charge in [0.15, 0.2) is 0 Å². The van der Waals surface area contributed by atoms with Gasteiger partial charge in [0.2, 0.25) is 0 Å². The second-order valence-electron chi connectivity index (χ2n) is 17.2. The Morgan fingerprint density at radius 3 is 0.508 bits per heavy atom. The van der Waals surface area contributed by atoms with E-state index in [2.05, 4.69) is 39.3 Å². The van der Waals surface area contributed by atoms with Crippen molar-refractivity contribution in [3.05, 3.63) is 0 Å². The van der Waals surface area contributed by atoms with Crippen molar-refractivity contribution in [2.24, 2.45) is 0 Å². The molecule has 0 spiro atoms. The highest BCUT2D eigenvalue weighted by atomic mass is 31.1. The normalized spacial score (nSPS) is 13.0. The van der Waals surface area contributed by atoms with Crippen molar-refractivity contribution in [1.82, 2.24) is 0 Å². The number of aliphatic hydroxyl groups excluding tert-OH is 6. The van der Waals surface area contributed by atoms with E-state index < -0.39 is 25.7 Å². The topological polar surface area (TPSA) is 177 Å². The molecule has 0 heterocycles. The van der Waals surface area contributed by atoms with Gasteiger partial charge in [0.25, 0.3) is 0 Å². The number of aliphatic hydroxyl groups is 6. The standard InChI is InChI=1S/C42H96O12P4Si3/c1-59(2,49-25-13-37-55(31-7-19-43)32-8-20-44)52-28-16-40-58(41-17-29-53-60(3,4)50-26-14-38-56(33-9-21-45)34-10-22-46)42-18-30-54-61(5,6)51-27-15-39-57(35-11-23-47)36-12-24-48/h43-48H,7-42H2,1-6H3. The molecule has 19 heteroatoms. The van der Waals surface area contributed by atoms with Crippen LogP contribution in [0.2, 0.25) is 39.3 Å². The summed E-state index contributed by atoms with van der Waals surface area (Å²) in [7, 11) is -7.40. The van der Waals surface area contributed by atoms with Crippen molar-refractivity contribution in [2.45, 2.75) is 116 Å². The molecule has 0 aliphatic carbocycles. The first kappa shape index (κ1) is 62.9. The maximum absolute atomic E-state index is 9.27. The van der Waals surface area contributed by atoms with Gasteiger partial charge in [-0.1, -0.05) is 0 Å². The van der Waals surface area contributed by atoms with Gasteiger partial charge in [0, 0.05) is 79.3 Å². The average molecular weight is 1000 g/mol. The zero-order chi connectivity index (χ0) is 45.5. The first-order valence-electron chi connectivity index (χ1n) is 23.6. The van der Waals surface area contributed by atoms with Crippen molar-refractivity contribution in [1.29, 1.82) is 0 Å². The van der Waals surface area contributed by atoms with Gasteiger partial charge in [0.1, 0.15) is 0 Å². The van der Waals surface area contributed by atoms with Gasteiger partial charge >= 0.3 is 25.7 Å². The molecule has 0 atom stereocenters. The summed E-state index contributed by atoms with van der Waals surface area (Å²) in [5, 5.41) is 55.6. The Morgan fingerprint density at radius 1 is 0.246 bits per heavy atom. The number of rotatable bonds is 48. The quantitative estimate of drug-likeness (QED) is 0.0199. The highest BCUT2D eigenvalue weighted by Crippen LogP contribution is 2.40. The van der Waals surface area contributed by atoms with Crippen molar-refractivity contribution in [3.8, 4) is 0 Å². The van der Waals surface area contributed by atoms with Crippen LogP contribution in [-0.2, 0) is 26.6 Å². The molecule has 0 aliphatic rings. The van der Waals surface area contributed by atoms with Crippen LogP contribution in [0.1, 0.15) is 77.0 Å². The fourth-order valence-electron chi connectivity index (χ4n) is 6.87. The minimum atomic E-state index is -2.23. The second-order valence-corrected chi connectivity index (χ2v) is 38.1. The van der Waals surface area contributed by atoms with Crippen LogP contribution in [-0.4, -0.2) is 210 Å². The van der Waals surface area contributed by atoms with Crippen LogP contribution in [0.25, 0.3) is 0 Å². The summed E-state index contributed by atoms with van der Waals surface area (Å²) in [6.07, 6.45) is 24.3. The van der Waals surface area contributed by atoms with Gasteiger partial charge in [-0.25, -0.2) is 0 Å². The summed E-state index contributed by atoms with van der Waals surface area (Å²) in [4.78, 5) is 0. The smallest absolute Gasteiger partial charge is 0.331 e. The Kier molecular flexibility index (Phi) is 43.3. The maximum Gasteiger partial charge on any atom is 0.331 e. The van der Waals surface area contributed by atoms with Gasteiger partial charge in [-0.05, 0) is 190 Å². The minimum Gasteiger partial charge on any atom is -0.396 e. The SMILES string of the molecule is C[Si](C)(OCCCP(CCCO)CCCO)OCCCP(CCCO[Si](C)(C)OCCCP(CCCO)CCCO)CCCO[Si](C)(C)OCCCP(CCCO)CCCO. The molecule has 0 aromatic rings. The second kappa shape index (κ2) is 42.0. The molecule has 0 amide bonds. The largest absolute Gasteiger partial charge is 0.396 e. The van der Waals surface area contributed by atoms with E-state index >= 15 is 0 Å². The van der Waals surface area contributed by atoms with E-state index in [1.807, 2.05) is 0 Å². The summed E-state index contributed by atoms with van der Waals surface area (Å²) in [6, 6.07) is 0. The summed E-state index contributed by atoms with van der Waals surface area (Å²) in [6.45, 7) is 18.6. The molecule has 0 fully saturated rings. The Morgan fingerprint density at radius 2 is 0.377 bits per heavy atom. The van der Waals surface area contributed by atoms with E-state index in [-0.39, 0.29) is 71.3 Å². The molecule has 0 aliphatic heterocycles. The number of hydrogen-bond donors (Lipinski definition) is 6. The zero-order valence-electron chi connectivity index (χ0n) is 39.9. The third kappa shape index (κ3) is 40.7. The van der Waals surface area contributed by atoms with Gasteiger partial charge in [-0.2, -0.15) is 0 Å². The molecular weight excluding hydrogens is 905 g/mol. The fourth-order valence-corrected chi connectivity index (χ4v) is 20.6. The van der Waals surface area contributed by atoms with Crippen LogP contribution in [0.5, 0.6) is 0 Å². The van der Waals surface area contributed by atoms with Crippen LogP contribution < -0.4 is 0 Å². The number of hydrogen-bond acceptors (Lipinski definition) is 12. The van der Waals surface area contributed by atoms with Gasteiger partial charge in [-0.3, -0.25) is 0 Å². The monoisotopic (exact) mass is 1000 g/mol. The van der Waals surface area contributed by atoms with E-state index in [0.717, 1.165) is 171 Å². The van der Waals surface area contributed by atoms with Crippen molar-refractivity contribution in [3.63, 3.8) is 0 Å². The lowest BCUT2D eigenvalue weighted by Crippen LogP contribution is -2.36. The van der Waals surface area contributed by atoms with E-state index in [1.165, 1.54) is 0 Å². The summed E-state index contributed by atoms with van der Waals surface area (Å²) in [5.74, 6) is 0. The predicted octanol–water partition coefficient (Wildman–Crippen LogP) is 7.75. The van der Waals surface area contributed by atoms with Crippen molar-refractivity contribution < 1.29 is 57.2 Å². The molecule has 368 valence electrons. The van der Waals surface area contributed by atoms with E-state index in [4.69, 9.17) is 26.6 Å². The molecule has 6 N–H and O–H groups in total. The average Bonchev–Trinajstić information content (AvgIpc) is 3.23. The van der Waals surface area contributed by atoms with Gasteiger partial charge in [0.05, 0.1) is 0 Å². The Bertz CT molecular complexity index is 818. The first-order valence-corrected chi connectivity index (χ1v) is 39.7. The van der Waals surface area contributed by atoms with Crippen molar-refractivity contribution >= 4 is 57.4 Å². The third-order valence-electron chi connectivity index (χ3n) is 10.2. The van der Waals surface area contributed by atoms with Crippen LogP contribution in [0, 0.1) is 0 Å². The Balaban J connectivity index is 4.98. The summed E-state index contributed by atoms with van der Waals surface area (Å²) in [5.41, 5.74) is 0. The van der Waals surface area contributed by atoms with Gasteiger partial charge in [-0.15, -0.1) is 31.7 Å². The van der Waals surface area contributed by atoms with E-state index in [0.29, 0.717) is 19.8 Å². The fraction of sp³-hybridized carbons (Fsp3) is 1.00. The van der Waals surface area contributed by atoms with E-state index in [1.54, 1.807) is 0 Å². The molecule has 0 aromatic heterocycles. The highest BCUT2D eigenvalue weighted by Gasteiger charge is 2.27. The molecule has 0 bridgehead atoms. The van der Waals surface area contributed by atoms with Crippen LogP contribution in [0.3, 0.4) is 0 Å². The van der Waals surface area contributed by atoms with Crippen LogP contribution in [0.4, 0.5) is 0 Å². The van der Waals surface area contributed by atoms with Crippen LogP contribution >= 0.6 is 31.7 Å². The molecule has 12 nitrogen and oxygen atoms in total. The minimum absolute atomic E-state index is 0.163. The molecule has 61 heavy (non-hydrogen) atoms. The molecule has 0 rings (SSSR count). The lowest BCUT2D eigenvalue weighted by molar-refractivity contribution is 0.180. The maximum atomic E-state index is 9.27. The molecule has 0 aromatic carbocycles. The molecular formula is C42H96O12P4Si3. The lowest BCUT2D eigenvalue weighted by Gasteiger charge is -2.26. The predicted molar refractivity (Wildman–Crippen MR) is 272 cm³/mol. The summed E-state index contributed by atoms with van der Waals surface area (Å²) < 4.78 is 38.2.